The summed E-state index contributed by atoms with van der Waals surface area (Å²) in [5.74, 6) is 0.637. The predicted molar refractivity (Wildman–Crippen MR) is 218 cm³/mol. The minimum atomic E-state index is 0.637. The molecule has 9 aromatic carbocycles. The normalized spacial score (nSPS) is 11.5. The van der Waals surface area contributed by atoms with Crippen LogP contribution < -0.4 is 4.90 Å². The van der Waals surface area contributed by atoms with Gasteiger partial charge < -0.3 is 9.32 Å². The summed E-state index contributed by atoms with van der Waals surface area (Å²) in [4.78, 5) is 7.17. The zero-order valence-electron chi connectivity index (χ0n) is 28.3. The zero-order chi connectivity index (χ0) is 34.4. The Bertz CT molecular complexity index is 2880. The highest BCUT2D eigenvalue weighted by atomic mass is 16.3. The largest absolute Gasteiger partial charge is 0.435 e. The average Bonchev–Trinajstić information content (AvgIpc) is 3.67. The predicted octanol–water partition coefficient (Wildman–Crippen LogP) is 13.8. The molecule has 0 spiro atoms. The van der Waals surface area contributed by atoms with Crippen molar-refractivity contribution in [2.45, 2.75) is 0 Å². The van der Waals surface area contributed by atoms with Gasteiger partial charge in [-0.2, -0.15) is 0 Å². The lowest BCUT2D eigenvalue weighted by atomic mass is 9.96. The number of fused-ring (bicyclic) bond motifs is 6. The maximum atomic E-state index is 6.48. The van der Waals surface area contributed by atoms with Gasteiger partial charge in [0, 0.05) is 28.0 Å². The number of aromatic nitrogens is 1. The van der Waals surface area contributed by atoms with Crippen LogP contribution in [0.2, 0.25) is 0 Å². The van der Waals surface area contributed by atoms with Crippen molar-refractivity contribution in [1.29, 1.82) is 0 Å². The lowest BCUT2D eigenvalue weighted by molar-refractivity contribution is 0.623. The quantitative estimate of drug-likeness (QED) is 0.166. The number of oxazole rings is 1. The highest BCUT2D eigenvalue weighted by Gasteiger charge is 2.16. The van der Waals surface area contributed by atoms with Crippen molar-refractivity contribution >= 4 is 60.5 Å². The summed E-state index contributed by atoms with van der Waals surface area (Å²) in [5, 5.41) is 7.04. The Hall–Kier alpha value is -6.97. The van der Waals surface area contributed by atoms with E-state index in [4.69, 9.17) is 9.40 Å². The molecule has 0 saturated carbocycles. The number of hydrogen-bond donors (Lipinski definition) is 0. The van der Waals surface area contributed by atoms with E-state index in [0.29, 0.717) is 5.89 Å². The van der Waals surface area contributed by atoms with Crippen LogP contribution in [0, 0.1) is 0 Å². The highest BCUT2D eigenvalue weighted by molar-refractivity contribution is 6.18. The number of benzene rings is 9. The molecule has 244 valence electrons. The molecule has 3 nitrogen and oxygen atoms in total. The third-order valence-corrected chi connectivity index (χ3v) is 10.1. The standard InChI is InChI=1S/C49H32N2O/c1-3-10-38(11-4-1)49-50-46-30-25-37-18-16-36-17-20-41(32-45(36)47(37)48(46)52-49)35-23-28-44(29-24-35)51(42-13-5-2-6-14-42)43-26-21-34(22-27-43)40-19-15-33-9-7-8-12-39(33)31-40/h1-32H. The lowest BCUT2D eigenvalue weighted by Crippen LogP contribution is -2.09. The van der Waals surface area contributed by atoms with Crippen LogP contribution in [0.15, 0.2) is 199 Å². The van der Waals surface area contributed by atoms with Gasteiger partial charge in [0.25, 0.3) is 0 Å². The average molecular weight is 665 g/mol. The van der Waals surface area contributed by atoms with Gasteiger partial charge in [-0.25, -0.2) is 4.98 Å². The van der Waals surface area contributed by atoms with Gasteiger partial charge in [-0.05, 0) is 116 Å². The van der Waals surface area contributed by atoms with Crippen molar-refractivity contribution in [1.82, 2.24) is 4.98 Å². The fourth-order valence-corrected chi connectivity index (χ4v) is 7.40. The molecule has 0 aliphatic carbocycles. The fourth-order valence-electron chi connectivity index (χ4n) is 7.40. The molecule has 0 aliphatic heterocycles. The Kier molecular flexibility index (Phi) is 7.14. The second kappa shape index (κ2) is 12.4. The number of rotatable bonds is 6. The SMILES string of the molecule is c1ccc(-c2nc3ccc4ccc5ccc(-c6ccc(N(c7ccccc7)c7ccc(-c8ccc9ccccc9c8)cc7)cc6)cc5c4c3o2)cc1. The van der Waals surface area contributed by atoms with E-state index in [9.17, 15) is 0 Å². The van der Waals surface area contributed by atoms with E-state index in [1.807, 2.05) is 30.3 Å². The summed E-state index contributed by atoms with van der Waals surface area (Å²) >= 11 is 0. The molecule has 3 heteroatoms. The molecule has 0 bridgehead atoms. The molecule has 0 N–H and O–H groups in total. The monoisotopic (exact) mass is 664 g/mol. The number of hydrogen-bond acceptors (Lipinski definition) is 3. The van der Waals surface area contributed by atoms with E-state index in [2.05, 4.69) is 169 Å². The number of anilines is 3. The van der Waals surface area contributed by atoms with E-state index in [1.165, 1.54) is 27.3 Å². The number of para-hydroxylation sites is 1. The molecule has 0 saturated heterocycles. The first-order valence-electron chi connectivity index (χ1n) is 17.6. The van der Waals surface area contributed by atoms with Gasteiger partial charge in [0.2, 0.25) is 5.89 Å². The lowest BCUT2D eigenvalue weighted by Gasteiger charge is -2.26. The maximum absolute atomic E-state index is 6.48. The molecule has 0 unspecified atom stereocenters. The van der Waals surface area contributed by atoms with Crippen LogP contribution >= 0.6 is 0 Å². The summed E-state index contributed by atoms with van der Waals surface area (Å²) in [5.41, 5.74) is 10.7. The third-order valence-electron chi connectivity index (χ3n) is 10.1. The van der Waals surface area contributed by atoms with Gasteiger partial charge in [-0.15, -0.1) is 0 Å². The van der Waals surface area contributed by atoms with Crippen molar-refractivity contribution in [2.24, 2.45) is 0 Å². The molecule has 0 atom stereocenters. The first kappa shape index (κ1) is 29.9. The van der Waals surface area contributed by atoms with E-state index >= 15 is 0 Å². The van der Waals surface area contributed by atoms with Crippen LogP contribution in [0.3, 0.4) is 0 Å². The summed E-state index contributed by atoms with van der Waals surface area (Å²) in [6.07, 6.45) is 0. The van der Waals surface area contributed by atoms with E-state index < -0.39 is 0 Å². The van der Waals surface area contributed by atoms with Crippen LogP contribution in [-0.2, 0) is 0 Å². The molecule has 10 aromatic rings. The van der Waals surface area contributed by atoms with Crippen molar-refractivity contribution in [3.63, 3.8) is 0 Å². The van der Waals surface area contributed by atoms with Gasteiger partial charge in [0.1, 0.15) is 5.52 Å². The van der Waals surface area contributed by atoms with Gasteiger partial charge in [-0.1, -0.05) is 127 Å². The summed E-state index contributed by atoms with van der Waals surface area (Å²) in [7, 11) is 0. The molecule has 1 aromatic heterocycles. The van der Waals surface area contributed by atoms with E-state index in [-0.39, 0.29) is 0 Å². The maximum Gasteiger partial charge on any atom is 0.227 e. The Labute approximate surface area is 301 Å². The van der Waals surface area contributed by atoms with Crippen LogP contribution in [-0.4, -0.2) is 4.98 Å². The van der Waals surface area contributed by atoms with Crippen LogP contribution in [0.4, 0.5) is 17.1 Å². The first-order valence-corrected chi connectivity index (χ1v) is 17.6. The summed E-state index contributed by atoms with van der Waals surface area (Å²) in [6.45, 7) is 0. The van der Waals surface area contributed by atoms with Crippen molar-refractivity contribution in [3.05, 3.63) is 194 Å². The van der Waals surface area contributed by atoms with Crippen LogP contribution in [0.1, 0.15) is 0 Å². The zero-order valence-corrected chi connectivity index (χ0v) is 28.3. The van der Waals surface area contributed by atoms with Crippen molar-refractivity contribution < 1.29 is 4.42 Å². The topological polar surface area (TPSA) is 29.3 Å². The molecule has 0 fully saturated rings. The molecule has 52 heavy (non-hydrogen) atoms. The highest BCUT2D eigenvalue weighted by Crippen LogP contribution is 2.39. The Morgan fingerprint density at radius 1 is 0.365 bits per heavy atom. The summed E-state index contributed by atoms with van der Waals surface area (Å²) in [6, 6.07) is 68.8. The van der Waals surface area contributed by atoms with Gasteiger partial charge in [0.05, 0.1) is 0 Å². The van der Waals surface area contributed by atoms with E-state index in [0.717, 1.165) is 61.0 Å². The molecule has 0 amide bonds. The Balaban J connectivity index is 1.02. The van der Waals surface area contributed by atoms with Crippen molar-refractivity contribution in [3.8, 4) is 33.7 Å². The fraction of sp³-hybridized carbons (Fsp3) is 0. The second-order valence-electron chi connectivity index (χ2n) is 13.2. The molecule has 0 aliphatic rings. The first-order chi connectivity index (χ1) is 25.7. The van der Waals surface area contributed by atoms with E-state index in [1.54, 1.807) is 0 Å². The third kappa shape index (κ3) is 5.28. The Morgan fingerprint density at radius 2 is 0.885 bits per heavy atom. The van der Waals surface area contributed by atoms with Gasteiger partial charge >= 0.3 is 0 Å². The molecular weight excluding hydrogens is 633 g/mol. The Morgan fingerprint density at radius 3 is 1.60 bits per heavy atom. The molecule has 0 radical (unpaired) electrons. The molecule has 1 heterocycles. The van der Waals surface area contributed by atoms with Crippen molar-refractivity contribution in [2.75, 3.05) is 4.90 Å². The minimum Gasteiger partial charge on any atom is -0.435 e. The van der Waals surface area contributed by atoms with Crippen LogP contribution in [0.5, 0.6) is 0 Å². The smallest absolute Gasteiger partial charge is 0.227 e. The minimum absolute atomic E-state index is 0.637. The second-order valence-corrected chi connectivity index (χ2v) is 13.2. The summed E-state index contributed by atoms with van der Waals surface area (Å²) < 4.78 is 6.48. The molecule has 10 rings (SSSR count). The van der Waals surface area contributed by atoms with Gasteiger partial charge in [-0.3, -0.25) is 0 Å². The van der Waals surface area contributed by atoms with Crippen LogP contribution in [0.25, 0.3) is 77.1 Å². The van der Waals surface area contributed by atoms with Gasteiger partial charge in [0.15, 0.2) is 5.58 Å². The molecular formula is C49H32N2O. The number of nitrogens with zero attached hydrogens (tertiary/aromatic N) is 2.